The molecule has 0 aromatic heterocycles. The van der Waals surface area contributed by atoms with Gasteiger partial charge in [0.05, 0.1) is 7.11 Å². The van der Waals surface area contributed by atoms with E-state index < -0.39 is 6.10 Å². The third kappa shape index (κ3) is 2.44. The van der Waals surface area contributed by atoms with E-state index in [4.69, 9.17) is 4.74 Å². The zero-order valence-electron chi connectivity index (χ0n) is 10.3. The van der Waals surface area contributed by atoms with E-state index in [9.17, 15) is 5.11 Å². The number of benzene rings is 2. The van der Waals surface area contributed by atoms with Crippen molar-refractivity contribution < 1.29 is 9.84 Å². The summed E-state index contributed by atoms with van der Waals surface area (Å²) >= 11 is 0. The summed E-state index contributed by atoms with van der Waals surface area (Å²) in [7, 11) is 1.60. The molecule has 2 rings (SSSR count). The summed E-state index contributed by atoms with van der Waals surface area (Å²) in [6.45, 7) is 3.71. The van der Waals surface area contributed by atoms with Crippen LogP contribution in [0.15, 0.2) is 55.1 Å². The van der Waals surface area contributed by atoms with E-state index in [2.05, 4.69) is 6.58 Å². The minimum absolute atomic E-state index is 0.681. The predicted octanol–water partition coefficient (Wildman–Crippen LogP) is 3.42. The smallest absolute Gasteiger partial charge is 0.125 e. The number of ether oxygens (including phenoxy) is 1. The molecule has 0 saturated carbocycles. The molecule has 0 amide bonds. The van der Waals surface area contributed by atoms with Crippen molar-refractivity contribution in [1.29, 1.82) is 0 Å². The molecule has 2 nitrogen and oxygen atoms in total. The highest BCUT2D eigenvalue weighted by Gasteiger charge is 2.14. The quantitative estimate of drug-likeness (QED) is 0.887. The van der Waals surface area contributed by atoms with E-state index in [-0.39, 0.29) is 0 Å². The van der Waals surface area contributed by atoms with Crippen molar-refractivity contribution in [2.24, 2.45) is 0 Å². The van der Waals surface area contributed by atoms with Crippen LogP contribution >= 0.6 is 0 Å². The molecule has 0 fully saturated rings. The molecule has 1 unspecified atom stereocenters. The maximum atomic E-state index is 10.4. The zero-order valence-corrected chi connectivity index (χ0v) is 10.3. The second-order valence-electron chi connectivity index (χ2n) is 4.02. The largest absolute Gasteiger partial charge is 0.496 e. The molecule has 2 aromatic carbocycles. The Morgan fingerprint density at radius 2 is 1.78 bits per heavy atom. The summed E-state index contributed by atoms with van der Waals surface area (Å²) in [5.41, 5.74) is 2.64. The summed E-state index contributed by atoms with van der Waals surface area (Å²) in [6, 6.07) is 15.1. The molecular formula is C16H16O2. The number of para-hydroxylation sites is 1. The number of methoxy groups -OCH3 is 1. The van der Waals surface area contributed by atoms with Crippen molar-refractivity contribution in [1.82, 2.24) is 0 Å². The SMILES string of the molecule is C=Cc1ccc(C(O)c2ccccc2OC)cc1. The van der Waals surface area contributed by atoms with Gasteiger partial charge in [0.25, 0.3) is 0 Å². The average molecular weight is 240 g/mol. The molecule has 92 valence electrons. The first-order valence-corrected chi connectivity index (χ1v) is 5.79. The first-order valence-electron chi connectivity index (χ1n) is 5.79. The van der Waals surface area contributed by atoms with Crippen molar-refractivity contribution in [3.63, 3.8) is 0 Å². The third-order valence-electron chi connectivity index (χ3n) is 2.92. The molecule has 0 bridgehead atoms. The normalized spacial score (nSPS) is 11.9. The summed E-state index contributed by atoms with van der Waals surface area (Å²) in [5.74, 6) is 0.692. The van der Waals surface area contributed by atoms with Gasteiger partial charge in [-0.1, -0.05) is 55.1 Å². The Hall–Kier alpha value is -2.06. The Kier molecular flexibility index (Phi) is 3.80. The molecule has 18 heavy (non-hydrogen) atoms. The number of aliphatic hydroxyl groups excluding tert-OH is 1. The fraction of sp³-hybridized carbons (Fsp3) is 0.125. The lowest BCUT2D eigenvalue weighted by Gasteiger charge is -2.15. The van der Waals surface area contributed by atoms with Crippen molar-refractivity contribution in [2.45, 2.75) is 6.10 Å². The van der Waals surface area contributed by atoms with Crippen molar-refractivity contribution >= 4 is 6.08 Å². The molecule has 0 aliphatic carbocycles. The Bertz CT molecular complexity index is 529. The number of aliphatic hydroxyl groups is 1. The van der Waals surface area contributed by atoms with Crippen LogP contribution in [0.4, 0.5) is 0 Å². The monoisotopic (exact) mass is 240 g/mol. The summed E-state index contributed by atoms with van der Waals surface area (Å²) < 4.78 is 5.26. The van der Waals surface area contributed by atoms with Crippen LogP contribution in [0.1, 0.15) is 22.8 Å². The molecule has 2 aromatic rings. The minimum Gasteiger partial charge on any atom is -0.496 e. The number of rotatable bonds is 4. The fourth-order valence-corrected chi connectivity index (χ4v) is 1.89. The van der Waals surface area contributed by atoms with Crippen LogP contribution in [-0.4, -0.2) is 12.2 Å². The van der Waals surface area contributed by atoms with Gasteiger partial charge in [-0.05, 0) is 17.2 Å². The molecule has 1 atom stereocenters. The van der Waals surface area contributed by atoms with Crippen LogP contribution in [0.5, 0.6) is 5.75 Å². The predicted molar refractivity (Wildman–Crippen MR) is 73.6 cm³/mol. The second-order valence-corrected chi connectivity index (χ2v) is 4.02. The van der Waals surface area contributed by atoms with Crippen molar-refractivity contribution in [2.75, 3.05) is 7.11 Å². The van der Waals surface area contributed by atoms with Gasteiger partial charge in [-0.25, -0.2) is 0 Å². The van der Waals surface area contributed by atoms with E-state index in [1.54, 1.807) is 13.2 Å². The highest BCUT2D eigenvalue weighted by atomic mass is 16.5. The summed E-state index contributed by atoms with van der Waals surface area (Å²) in [6.07, 6.45) is 1.10. The van der Waals surface area contributed by atoms with E-state index in [1.807, 2.05) is 48.5 Å². The number of hydrogen-bond acceptors (Lipinski definition) is 2. The van der Waals surface area contributed by atoms with E-state index >= 15 is 0 Å². The molecule has 0 aliphatic rings. The Morgan fingerprint density at radius 1 is 1.11 bits per heavy atom. The van der Waals surface area contributed by atoms with Gasteiger partial charge < -0.3 is 9.84 Å². The van der Waals surface area contributed by atoms with Crippen molar-refractivity contribution in [3.05, 3.63) is 71.8 Å². The lowest BCUT2D eigenvalue weighted by Crippen LogP contribution is -2.02. The summed E-state index contributed by atoms with van der Waals surface area (Å²) in [4.78, 5) is 0. The molecule has 0 aliphatic heterocycles. The van der Waals surface area contributed by atoms with Gasteiger partial charge in [-0.2, -0.15) is 0 Å². The Balaban J connectivity index is 2.34. The highest BCUT2D eigenvalue weighted by molar-refractivity contribution is 5.48. The maximum absolute atomic E-state index is 10.4. The standard InChI is InChI=1S/C16H16O2/c1-3-12-8-10-13(11-9-12)16(17)14-6-4-5-7-15(14)18-2/h3-11,16-17H,1H2,2H3. The van der Waals surface area contributed by atoms with Crippen LogP contribution < -0.4 is 4.74 Å². The molecule has 0 heterocycles. The van der Waals surface area contributed by atoms with Crippen LogP contribution in [0, 0.1) is 0 Å². The topological polar surface area (TPSA) is 29.5 Å². The van der Waals surface area contributed by atoms with Crippen LogP contribution in [-0.2, 0) is 0 Å². The lowest BCUT2D eigenvalue weighted by atomic mass is 9.99. The molecule has 0 radical (unpaired) electrons. The van der Waals surface area contributed by atoms with E-state index in [0.29, 0.717) is 5.75 Å². The van der Waals surface area contributed by atoms with Gasteiger partial charge in [0, 0.05) is 5.56 Å². The molecular weight excluding hydrogens is 224 g/mol. The van der Waals surface area contributed by atoms with Crippen LogP contribution in [0.2, 0.25) is 0 Å². The van der Waals surface area contributed by atoms with Gasteiger partial charge in [0.2, 0.25) is 0 Å². The Labute approximate surface area is 107 Å². The van der Waals surface area contributed by atoms with Crippen molar-refractivity contribution in [3.8, 4) is 5.75 Å². The molecule has 0 spiro atoms. The van der Waals surface area contributed by atoms with E-state index in [0.717, 1.165) is 16.7 Å². The van der Waals surface area contributed by atoms with Gasteiger partial charge in [-0.3, -0.25) is 0 Å². The second kappa shape index (κ2) is 5.52. The Morgan fingerprint density at radius 3 is 2.39 bits per heavy atom. The van der Waals surface area contributed by atoms with Gasteiger partial charge in [-0.15, -0.1) is 0 Å². The molecule has 2 heteroatoms. The maximum Gasteiger partial charge on any atom is 0.125 e. The fourth-order valence-electron chi connectivity index (χ4n) is 1.89. The highest BCUT2D eigenvalue weighted by Crippen LogP contribution is 2.29. The van der Waals surface area contributed by atoms with Gasteiger partial charge in [0.1, 0.15) is 11.9 Å². The summed E-state index contributed by atoms with van der Waals surface area (Å²) in [5, 5.41) is 10.4. The first-order chi connectivity index (χ1) is 8.76. The van der Waals surface area contributed by atoms with E-state index in [1.165, 1.54) is 0 Å². The van der Waals surface area contributed by atoms with Crippen LogP contribution in [0.3, 0.4) is 0 Å². The van der Waals surface area contributed by atoms with Gasteiger partial charge >= 0.3 is 0 Å². The first kappa shape index (κ1) is 12.4. The molecule has 0 saturated heterocycles. The van der Waals surface area contributed by atoms with Crippen LogP contribution in [0.25, 0.3) is 6.08 Å². The van der Waals surface area contributed by atoms with Gasteiger partial charge in [0.15, 0.2) is 0 Å². The minimum atomic E-state index is -0.681. The zero-order chi connectivity index (χ0) is 13.0. The third-order valence-corrected chi connectivity index (χ3v) is 2.92. The number of hydrogen-bond donors (Lipinski definition) is 1. The molecule has 1 N–H and O–H groups in total. The average Bonchev–Trinajstić information content (AvgIpc) is 2.46. The lowest BCUT2D eigenvalue weighted by molar-refractivity contribution is 0.214.